The highest BCUT2D eigenvalue weighted by Crippen LogP contribution is 2.40. The fraction of sp³-hybridized carbons (Fsp3) is 0.474. The number of benzene rings is 1. The molecule has 0 unspecified atom stereocenters. The summed E-state index contributed by atoms with van der Waals surface area (Å²) in [5.41, 5.74) is 8.56. The van der Waals surface area contributed by atoms with Crippen LogP contribution in [0.25, 0.3) is 10.9 Å². The van der Waals surface area contributed by atoms with Crippen LogP contribution in [0.3, 0.4) is 0 Å². The molecular weight excluding hydrogens is 333 g/mol. The number of primary amides is 1. The molecule has 0 bridgehead atoms. The first-order valence-corrected chi connectivity index (χ1v) is 8.94. The summed E-state index contributed by atoms with van der Waals surface area (Å²) in [5.74, 6) is -0.725. The number of hydrogen-bond acceptors (Lipinski definition) is 4. The minimum absolute atomic E-state index is 0.124. The van der Waals surface area contributed by atoms with E-state index in [1.165, 1.54) is 6.07 Å². The summed E-state index contributed by atoms with van der Waals surface area (Å²) in [4.78, 5) is 18.8. The lowest BCUT2D eigenvalue weighted by atomic mass is 9.93. The van der Waals surface area contributed by atoms with Crippen molar-refractivity contribution in [2.45, 2.75) is 32.7 Å². The number of nitrogens with zero attached hydrogens (tertiary/aromatic N) is 3. The van der Waals surface area contributed by atoms with Crippen LogP contribution in [-0.4, -0.2) is 41.5 Å². The van der Waals surface area contributed by atoms with Crippen LogP contribution >= 0.6 is 0 Å². The van der Waals surface area contributed by atoms with Crippen LogP contribution < -0.4 is 10.6 Å². The Morgan fingerprint density at radius 2 is 2.19 bits per heavy atom. The summed E-state index contributed by atoms with van der Waals surface area (Å²) >= 11 is 0. The molecule has 1 aromatic carbocycles. The van der Waals surface area contributed by atoms with E-state index in [1.807, 2.05) is 23.6 Å². The standard InChI is InChI=1S/C19H22FN5O/c1-10-11(2)23-17-13(19(22)26)6-14(20)18(16(10)17)25-7-12-4-3-5-24(9-21)15(12)8-25/h6,12,15,23H,3-5,7-8H2,1-2H3,(H2,22,26)/t12-,15+/m1/s1. The molecule has 2 atom stereocenters. The van der Waals surface area contributed by atoms with E-state index in [9.17, 15) is 10.1 Å². The molecule has 0 saturated carbocycles. The second-order valence-corrected chi connectivity index (χ2v) is 7.41. The van der Waals surface area contributed by atoms with Gasteiger partial charge in [-0.3, -0.25) is 4.79 Å². The summed E-state index contributed by atoms with van der Waals surface area (Å²) in [7, 11) is 0. The predicted octanol–water partition coefficient (Wildman–Crippen LogP) is 2.40. The van der Waals surface area contributed by atoms with Crippen molar-refractivity contribution in [3.8, 4) is 6.19 Å². The maximum atomic E-state index is 15.1. The summed E-state index contributed by atoms with van der Waals surface area (Å²) in [6, 6.07) is 1.36. The van der Waals surface area contributed by atoms with Gasteiger partial charge < -0.3 is 20.5 Å². The maximum absolute atomic E-state index is 15.1. The van der Waals surface area contributed by atoms with E-state index >= 15 is 4.39 Å². The average molecular weight is 355 g/mol. The van der Waals surface area contributed by atoms with Crippen molar-refractivity contribution in [1.82, 2.24) is 9.88 Å². The lowest BCUT2D eigenvalue weighted by Crippen LogP contribution is -2.42. The van der Waals surface area contributed by atoms with Crippen molar-refractivity contribution in [2.75, 3.05) is 24.5 Å². The Balaban J connectivity index is 1.85. The minimum atomic E-state index is -0.646. The van der Waals surface area contributed by atoms with Crippen molar-refractivity contribution >= 4 is 22.5 Å². The molecule has 3 N–H and O–H groups in total. The summed E-state index contributed by atoms with van der Waals surface area (Å²) in [5, 5.41) is 10.1. The largest absolute Gasteiger partial charge is 0.366 e. The fourth-order valence-electron chi connectivity index (χ4n) is 4.59. The molecule has 0 radical (unpaired) electrons. The van der Waals surface area contributed by atoms with Crippen LogP contribution in [0.4, 0.5) is 10.1 Å². The van der Waals surface area contributed by atoms with Gasteiger partial charge in [0.2, 0.25) is 0 Å². The number of rotatable bonds is 2. The first-order valence-electron chi connectivity index (χ1n) is 8.94. The number of aromatic amines is 1. The van der Waals surface area contributed by atoms with Gasteiger partial charge >= 0.3 is 0 Å². The first-order chi connectivity index (χ1) is 12.4. The van der Waals surface area contributed by atoms with Gasteiger partial charge in [-0.05, 0) is 44.2 Å². The second-order valence-electron chi connectivity index (χ2n) is 7.41. The number of halogens is 1. The van der Waals surface area contributed by atoms with Crippen LogP contribution in [0.5, 0.6) is 0 Å². The van der Waals surface area contributed by atoms with Crippen LogP contribution in [0, 0.1) is 37.0 Å². The monoisotopic (exact) mass is 355 g/mol. The Labute approximate surface area is 151 Å². The summed E-state index contributed by atoms with van der Waals surface area (Å²) in [6.07, 6.45) is 4.32. The number of amides is 1. The number of H-pyrrole nitrogens is 1. The molecule has 7 heteroatoms. The molecule has 26 heavy (non-hydrogen) atoms. The third-order valence-electron chi connectivity index (χ3n) is 5.99. The molecule has 2 fully saturated rings. The van der Waals surface area contributed by atoms with Gasteiger partial charge in [0.1, 0.15) is 5.82 Å². The molecule has 2 aromatic rings. The number of nitrogens with one attached hydrogen (secondary N) is 1. The number of nitriles is 1. The van der Waals surface area contributed by atoms with Crippen LogP contribution in [0.1, 0.15) is 34.5 Å². The number of aromatic nitrogens is 1. The highest BCUT2D eigenvalue weighted by Gasteiger charge is 2.40. The van der Waals surface area contributed by atoms with Gasteiger partial charge in [0.05, 0.1) is 22.8 Å². The van der Waals surface area contributed by atoms with Gasteiger partial charge in [-0.1, -0.05) is 0 Å². The van der Waals surface area contributed by atoms with Crippen molar-refractivity contribution < 1.29 is 9.18 Å². The smallest absolute Gasteiger partial charge is 0.250 e. The van der Waals surface area contributed by atoms with Crippen LogP contribution in [0.15, 0.2) is 6.07 Å². The van der Waals surface area contributed by atoms with Gasteiger partial charge in [0.25, 0.3) is 5.91 Å². The van der Waals surface area contributed by atoms with Gasteiger partial charge in [0.15, 0.2) is 6.19 Å². The zero-order chi connectivity index (χ0) is 18.6. The molecular formula is C19H22FN5O. The number of fused-ring (bicyclic) bond motifs is 2. The zero-order valence-corrected chi connectivity index (χ0v) is 15.0. The minimum Gasteiger partial charge on any atom is -0.366 e. The summed E-state index contributed by atoms with van der Waals surface area (Å²) in [6.45, 7) is 5.93. The SMILES string of the molecule is Cc1[nH]c2c(C(N)=O)cc(F)c(N3C[C@H]4CCCN(C#N)[C@H]4C3)c2c1C. The zero-order valence-electron chi connectivity index (χ0n) is 15.0. The van der Waals surface area contributed by atoms with Crippen molar-refractivity contribution in [1.29, 1.82) is 5.26 Å². The number of anilines is 1. The fourth-order valence-corrected chi connectivity index (χ4v) is 4.59. The number of carbonyl (C=O) groups excluding carboxylic acids is 1. The van der Waals surface area contributed by atoms with E-state index in [4.69, 9.17) is 5.73 Å². The van der Waals surface area contributed by atoms with E-state index in [2.05, 4.69) is 11.2 Å². The van der Waals surface area contributed by atoms with Crippen molar-refractivity contribution in [2.24, 2.45) is 11.7 Å². The third-order valence-corrected chi connectivity index (χ3v) is 5.99. The number of likely N-dealkylation sites (tertiary alicyclic amines) is 1. The molecule has 3 heterocycles. The number of hydrogen-bond donors (Lipinski definition) is 2. The predicted molar refractivity (Wildman–Crippen MR) is 97.3 cm³/mol. The normalized spacial score (nSPS) is 22.5. The number of nitrogens with two attached hydrogens (primary N) is 1. The van der Waals surface area contributed by atoms with E-state index < -0.39 is 11.7 Å². The van der Waals surface area contributed by atoms with Gasteiger partial charge in [0, 0.05) is 30.7 Å². The number of piperidine rings is 1. The topological polar surface area (TPSA) is 89.2 Å². The number of carbonyl (C=O) groups is 1. The van der Waals surface area contributed by atoms with Crippen LogP contribution in [-0.2, 0) is 0 Å². The van der Waals surface area contributed by atoms with Crippen molar-refractivity contribution in [3.63, 3.8) is 0 Å². The average Bonchev–Trinajstić information content (AvgIpc) is 3.16. The highest BCUT2D eigenvalue weighted by molar-refractivity contribution is 6.10. The lowest BCUT2D eigenvalue weighted by molar-refractivity contribution is 0.100. The van der Waals surface area contributed by atoms with Crippen molar-refractivity contribution in [3.05, 3.63) is 28.7 Å². The molecule has 2 aliphatic heterocycles. The quantitative estimate of drug-likeness (QED) is 0.810. The second kappa shape index (κ2) is 5.90. The lowest BCUT2D eigenvalue weighted by Gasteiger charge is -2.32. The molecule has 0 aliphatic carbocycles. The summed E-state index contributed by atoms with van der Waals surface area (Å²) < 4.78 is 15.1. The first kappa shape index (κ1) is 16.7. The highest BCUT2D eigenvalue weighted by atomic mass is 19.1. The molecule has 4 rings (SSSR count). The van der Waals surface area contributed by atoms with E-state index in [1.54, 1.807) is 0 Å². The molecule has 6 nitrogen and oxygen atoms in total. The molecule has 2 aliphatic rings. The molecule has 136 valence electrons. The Morgan fingerprint density at radius 3 is 2.88 bits per heavy atom. The Kier molecular flexibility index (Phi) is 3.79. The van der Waals surface area contributed by atoms with Gasteiger partial charge in [-0.15, -0.1) is 0 Å². The van der Waals surface area contributed by atoms with E-state index in [0.717, 1.165) is 36.0 Å². The molecule has 2 saturated heterocycles. The number of aryl methyl sites for hydroxylation is 2. The Hall–Kier alpha value is -2.75. The van der Waals surface area contributed by atoms with E-state index in [0.29, 0.717) is 30.2 Å². The van der Waals surface area contributed by atoms with E-state index in [-0.39, 0.29) is 11.6 Å². The molecule has 1 aromatic heterocycles. The molecule has 1 amide bonds. The Morgan fingerprint density at radius 1 is 1.42 bits per heavy atom. The Bertz CT molecular complexity index is 944. The maximum Gasteiger partial charge on any atom is 0.250 e. The molecule has 0 spiro atoms. The van der Waals surface area contributed by atoms with Gasteiger partial charge in [-0.25, -0.2) is 4.39 Å². The van der Waals surface area contributed by atoms with Gasteiger partial charge in [-0.2, -0.15) is 5.26 Å². The third kappa shape index (κ3) is 2.32. The van der Waals surface area contributed by atoms with Crippen LogP contribution in [0.2, 0.25) is 0 Å².